The van der Waals surface area contributed by atoms with Crippen LogP contribution in [0.1, 0.15) is 36.1 Å². The summed E-state index contributed by atoms with van der Waals surface area (Å²) in [5.74, 6) is -0.568. The third-order valence-corrected chi connectivity index (χ3v) is 7.93. The fraction of sp³-hybridized carbons (Fsp3) is 0.250. The van der Waals surface area contributed by atoms with Gasteiger partial charge in [0.05, 0.1) is 29.9 Å². The highest BCUT2D eigenvalue weighted by atomic mass is 35.5. The van der Waals surface area contributed by atoms with Gasteiger partial charge in [0.15, 0.2) is 0 Å². The summed E-state index contributed by atoms with van der Waals surface area (Å²) in [6.45, 7) is -0.168. The predicted molar refractivity (Wildman–Crippen MR) is 139 cm³/mol. The average Bonchev–Trinajstić information content (AvgIpc) is 3.08. The first-order valence-corrected chi connectivity index (χ1v) is 13.7. The minimum Gasteiger partial charge on any atom is -0.331 e. The standard InChI is InChI=1S/C24H22Cl3FN4O3S/c25-17-7-9-19(10-8-17)36(34,35)31-24(33)29-13-22(28)20-4-2-1-3-15-12-30-32(23(15)20)14-16-5-6-18(26)11-21(16)27/h5-12H,1-4,13-14H2,(H2,29,31,33)/b22-20+. The summed E-state index contributed by atoms with van der Waals surface area (Å²) in [6, 6.07) is 9.42. The molecule has 2 N–H and O–H groups in total. The number of nitrogens with one attached hydrogen (secondary N) is 2. The fourth-order valence-electron chi connectivity index (χ4n) is 3.98. The summed E-state index contributed by atoms with van der Waals surface area (Å²) in [5, 5.41) is 8.09. The molecule has 4 rings (SSSR count). The molecule has 0 aliphatic heterocycles. The van der Waals surface area contributed by atoms with Crippen LogP contribution < -0.4 is 10.0 Å². The SMILES string of the molecule is O=C(NC/C(F)=C1/CCCCc2cnn(Cc3ccc(Cl)cc3Cl)c21)NS(=O)(=O)c1ccc(Cl)cc1. The van der Waals surface area contributed by atoms with Crippen molar-refractivity contribution >= 4 is 56.4 Å². The maximum absolute atomic E-state index is 15.4. The van der Waals surface area contributed by atoms with Crippen molar-refractivity contribution in [1.29, 1.82) is 0 Å². The molecule has 2 aromatic carbocycles. The van der Waals surface area contributed by atoms with E-state index in [4.69, 9.17) is 34.8 Å². The number of carbonyl (C=O) groups is 1. The number of urea groups is 1. The van der Waals surface area contributed by atoms with Gasteiger partial charge in [-0.05, 0) is 73.2 Å². The first kappa shape index (κ1) is 26.5. The lowest BCUT2D eigenvalue weighted by atomic mass is 10.0. The molecule has 1 heterocycles. The Morgan fingerprint density at radius 3 is 2.44 bits per heavy atom. The molecule has 0 unspecified atom stereocenters. The van der Waals surface area contributed by atoms with E-state index >= 15 is 4.39 Å². The van der Waals surface area contributed by atoms with Gasteiger partial charge in [-0.1, -0.05) is 40.9 Å². The highest BCUT2D eigenvalue weighted by Crippen LogP contribution is 2.33. The van der Waals surface area contributed by atoms with Gasteiger partial charge in [-0.3, -0.25) is 4.68 Å². The van der Waals surface area contributed by atoms with Crippen LogP contribution in [0.3, 0.4) is 0 Å². The number of hydrogen-bond donors (Lipinski definition) is 2. The second-order valence-electron chi connectivity index (χ2n) is 8.24. The molecule has 12 heteroatoms. The summed E-state index contributed by atoms with van der Waals surface area (Å²) in [6.07, 6.45) is 4.54. The number of aryl methyl sites for hydroxylation is 1. The highest BCUT2D eigenvalue weighted by Gasteiger charge is 2.23. The Balaban J connectivity index is 1.52. The molecular formula is C24H22Cl3FN4O3S. The Bertz CT molecular complexity index is 1420. The van der Waals surface area contributed by atoms with Crippen LogP contribution in [0.5, 0.6) is 0 Å². The molecule has 1 aromatic heterocycles. The molecule has 2 amide bonds. The molecule has 1 aliphatic carbocycles. The predicted octanol–water partition coefficient (Wildman–Crippen LogP) is 5.99. The van der Waals surface area contributed by atoms with Crippen LogP contribution >= 0.6 is 34.8 Å². The molecule has 36 heavy (non-hydrogen) atoms. The number of hydrogen-bond acceptors (Lipinski definition) is 4. The van der Waals surface area contributed by atoms with Crippen molar-refractivity contribution in [3.8, 4) is 0 Å². The second-order valence-corrected chi connectivity index (χ2v) is 11.2. The normalized spacial score (nSPS) is 15.1. The van der Waals surface area contributed by atoms with Gasteiger partial charge in [-0.2, -0.15) is 5.10 Å². The highest BCUT2D eigenvalue weighted by molar-refractivity contribution is 7.90. The van der Waals surface area contributed by atoms with Crippen LogP contribution in [0, 0.1) is 0 Å². The van der Waals surface area contributed by atoms with Crippen molar-refractivity contribution in [3.05, 3.63) is 86.4 Å². The van der Waals surface area contributed by atoms with Crippen LogP contribution in [0.15, 0.2) is 59.4 Å². The van der Waals surface area contributed by atoms with E-state index in [2.05, 4.69) is 10.4 Å². The van der Waals surface area contributed by atoms with Gasteiger partial charge in [0.1, 0.15) is 5.83 Å². The third kappa shape index (κ3) is 6.21. The Hall–Kier alpha value is -2.59. The summed E-state index contributed by atoms with van der Waals surface area (Å²) in [5.41, 5.74) is 2.75. The van der Waals surface area contributed by atoms with Gasteiger partial charge in [-0.15, -0.1) is 0 Å². The van der Waals surface area contributed by atoms with E-state index in [-0.39, 0.29) is 4.90 Å². The number of carbonyl (C=O) groups excluding carboxylic acids is 1. The van der Waals surface area contributed by atoms with Crippen molar-refractivity contribution in [2.24, 2.45) is 0 Å². The quantitative estimate of drug-likeness (QED) is 0.356. The van der Waals surface area contributed by atoms with Crippen molar-refractivity contribution in [2.45, 2.75) is 37.1 Å². The van der Waals surface area contributed by atoms with E-state index in [1.54, 1.807) is 29.1 Å². The minimum atomic E-state index is -4.14. The number of fused-ring (bicyclic) bond motifs is 1. The smallest absolute Gasteiger partial charge is 0.329 e. The first-order valence-electron chi connectivity index (χ1n) is 11.1. The van der Waals surface area contributed by atoms with Gasteiger partial charge in [0.2, 0.25) is 0 Å². The number of nitrogens with zero attached hydrogens (tertiary/aromatic N) is 2. The lowest BCUT2D eigenvalue weighted by Gasteiger charge is -2.14. The molecule has 0 saturated carbocycles. The molecule has 0 bridgehead atoms. The zero-order valence-electron chi connectivity index (χ0n) is 18.9. The van der Waals surface area contributed by atoms with Crippen molar-refractivity contribution in [1.82, 2.24) is 19.8 Å². The van der Waals surface area contributed by atoms with Crippen molar-refractivity contribution < 1.29 is 17.6 Å². The van der Waals surface area contributed by atoms with E-state index in [1.807, 2.05) is 4.72 Å². The molecule has 0 saturated heterocycles. The van der Waals surface area contributed by atoms with Crippen LogP contribution in [0.25, 0.3) is 5.57 Å². The van der Waals surface area contributed by atoms with Gasteiger partial charge in [0, 0.05) is 20.6 Å². The van der Waals surface area contributed by atoms with Crippen LogP contribution in [-0.4, -0.2) is 30.8 Å². The third-order valence-electron chi connectivity index (χ3n) is 5.74. The Kier molecular flexibility index (Phi) is 8.24. The van der Waals surface area contributed by atoms with E-state index in [1.165, 1.54) is 24.3 Å². The molecule has 1 aliphatic rings. The molecule has 0 spiro atoms. The number of rotatable bonds is 6. The molecule has 0 radical (unpaired) electrons. The van der Waals surface area contributed by atoms with Crippen molar-refractivity contribution in [2.75, 3.05) is 6.54 Å². The van der Waals surface area contributed by atoms with Gasteiger partial charge >= 0.3 is 6.03 Å². The number of amides is 2. The van der Waals surface area contributed by atoms with Gasteiger partial charge < -0.3 is 5.32 Å². The minimum absolute atomic E-state index is 0.140. The lowest BCUT2D eigenvalue weighted by molar-refractivity contribution is 0.246. The van der Waals surface area contributed by atoms with E-state index < -0.39 is 28.4 Å². The largest absolute Gasteiger partial charge is 0.331 e. The molecule has 0 atom stereocenters. The number of aromatic nitrogens is 2. The van der Waals surface area contributed by atoms with E-state index in [9.17, 15) is 13.2 Å². The van der Waals surface area contributed by atoms with E-state index in [0.717, 1.165) is 30.4 Å². The maximum atomic E-state index is 15.4. The summed E-state index contributed by atoms with van der Waals surface area (Å²) in [7, 11) is -4.14. The first-order chi connectivity index (χ1) is 17.1. The molecule has 0 fully saturated rings. The Morgan fingerprint density at radius 1 is 1.03 bits per heavy atom. The monoisotopic (exact) mass is 570 g/mol. The van der Waals surface area contributed by atoms with Gasteiger partial charge in [0.25, 0.3) is 10.0 Å². The van der Waals surface area contributed by atoms with Crippen molar-refractivity contribution in [3.63, 3.8) is 0 Å². The Labute approximate surface area is 223 Å². The van der Waals surface area contributed by atoms with Crippen LogP contribution in [0.2, 0.25) is 15.1 Å². The molecule has 190 valence electrons. The maximum Gasteiger partial charge on any atom is 0.329 e. The average molecular weight is 572 g/mol. The number of benzene rings is 2. The number of halogens is 4. The molecule has 3 aromatic rings. The van der Waals surface area contributed by atoms with Crippen LogP contribution in [-0.2, 0) is 23.0 Å². The fourth-order valence-corrected chi connectivity index (χ4v) is 5.51. The zero-order valence-corrected chi connectivity index (χ0v) is 22.0. The van der Waals surface area contributed by atoms with Gasteiger partial charge in [-0.25, -0.2) is 22.3 Å². The lowest BCUT2D eigenvalue weighted by Crippen LogP contribution is -2.40. The number of allylic oxidation sites excluding steroid dienone is 1. The summed E-state index contributed by atoms with van der Waals surface area (Å²) < 4.78 is 43.8. The van der Waals surface area contributed by atoms with Crippen LogP contribution in [0.4, 0.5) is 9.18 Å². The number of sulfonamides is 1. The topological polar surface area (TPSA) is 93.1 Å². The zero-order chi connectivity index (χ0) is 25.9. The van der Waals surface area contributed by atoms with E-state index in [0.29, 0.717) is 39.3 Å². The molecular weight excluding hydrogens is 550 g/mol. The molecule has 7 nitrogen and oxygen atoms in total. The Morgan fingerprint density at radius 2 is 1.72 bits per heavy atom. The summed E-state index contributed by atoms with van der Waals surface area (Å²) in [4.78, 5) is 12.1. The second kappa shape index (κ2) is 11.2. The summed E-state index contributed by atoms with van der Waals surface area (Å²) >= 11 is 18.1.